The Morgan fingerprint density at radius 3 is 2.44 bits per heavy atom. The first-order valence-electron chi connectivity index (χ1n) is 5.60. The van der Waals surface area contributed by atoms with Gasteiger partial charge in [0.15, 0.2) is 0 Å². The van der Waals surface area contributed by atoms with Gasteiger partial charge in [-0.05, 0) is 12.3 Å². The number of allylic oxidation sites excluding steroid dienone is 1. The molecule has 3 amide bonds. The lowest BCUT2D eigenvalue weighted by Gasteiger charge is -2.21. The molecule has 96 valence electrons. The van der Waals surface area contributed by atoms with Crippen molar-refractivity contribution < 1.29 is 14.4 Å². The number of carbonyl (C=O) groups is 3. The normalized spacial score (nSPS) is 23.7. The number of rotatable bonds is 4. The number of hydrogen-bond acceptors (Lipinski definition) is 4. The molecule has 0 spiro atoms. The predicted octanol–water partition coefficient (Wildman–Crippen LogP) is 0.389. The monoisotopic (exact) mass is 266 g/mol. The van der Waals surface area contributed by atoms with Crippen molar-refractivity contribution >= 4 is 29.5 Å². The van der Waals surface area contributed by atoms with Gasteiger partial charge in [0.25, 0.3) is 5.91 Å². The van der Waals surface area contributed by atoms with Crippen LogP contribution in [-0.4, -0.2) is 52.1 Å². The molecule has 2 heterocycles. The highest BCUT2D eigenvalue weighted by molar-refractivity contribution is 8.00. The number of carbonyl (C=O) groups excluding carboxylic acids is 3. The molecular weight excluding hydrogens is 252 g/mol. The number of amides is 3. The zero-order chi connectivity index (χ0) is 13.3. The van der Waals surface area contributed by atoms with Gasteiger partial charge < -0.3 is 4.90 Å². The Hall–Kier alpha value is -1.56. The van der Waals surface area contributed by atoms with Gasteiger partial charge in [0.05, 0.1) is 5.25 Å². The number of likely N-dealkylation sites (tertiary alicyclic amines) is 1. The Morgan fingerprint density at radius 2 is 1.94 bits per heavy atom. The van der Waals surface area contributed by atoms with Crippen molar-refractivity contribution in [1.29, 1.82) is 0 Å². The van der Waals surface area contributed by atoms with Gasteiger partial charge in [-0.1, -0.05) is 6.58 Å². The SMILES string of the molecule is C=C1C=CC(=O)N1CCN1C(=O)CC(SC)C1=O. The molecule has 0 saturated carbocycles. The summed E-state index contributed by atoms with van der Waals surface area (Å²) < 4.78 is 0. The highest BCUT2D eigenvalue weighted by atomic mass is 32.2. The smallest absolute Gasteiger partial charge is 0.251 e. The van der Waals surface area contributed by atoms with Crippen molar-refractivity contribution in [3.8, 4) is 0 Å². The molecule has 2 aliphatic heterocycles. The van der Waals surface area contributed by atoms with Crippen LogP contribution in [0.15, 0.2) is 24.4 Å². The molecule has 0 N–H and O–H groups in total. The van der Waals surface area contributed by atoms with Crippen molar-refractivity contribution in [3.05, 3.63) is 24.4 Å². The predicted molar refractivity (Wildman–Crippen MR) is 68.6 cm³/mol. The number of imide groups is 1. The fraction of sp³-hybridized carbons (Fsp3) is 0.417. The highest BCUT2D eigenvalue weighted by Crippen LogP contribution is 2.23. The van der Waals surface area contributed by atoms with Crippen LogP contribution in [0.4, 0.5) is 0 Å². The van der Waals surface area contributed by atoms with Crippen LogP contribution < -0.4 is 0 Å². The van der Waals surface area contributed by atoms with Gasteiger partial charge in [0.2, 0.25) is 11.8 Å². The summed E-state index contributed by atoms with van der Waals surface area (Å²) in [6.45, 7) is 4.27. The molecule has 0 bridgehead atoms. The Bertz CT molecular complexity index is 440. The third-order valence-corrected chi connectivity index (χ3v) is 4.00. The molecule has 0 aromatic rings. The van der Waals surface area contributed by atoms with Crippen LogP contribution in [-0.2, 0) is 14.4 Å². The number of hydrogen-bond donors (Lipinski definition) is 0. The van der Waals surface area contributed by atoms with E-state index in [1.165, 1.54) is 27.6 Å². The Balaban J connectivity index is 1.95. The summed E-state index contributed by atoms with van der Waals surface area (Å²) in [4.78, 5) is 37.7. The molecule has 6 heteroatoms. The van der Waals surface area contributed by atoms with Gasteiger partial charge in [-0.2, -0.15) is 11.8 Å². The molecule has 0 aromatic carbocycles. The molecule has 18 heavy (non-hydrogen) atoms. The standard InChI is InChI=1S/C12H14N2O3S/c1-8-3-4-10(15)13(8)5-6-14-11(16)7-9(18-2)12(14)17/h3-4,9H,1,5-7H2,2H3. The lowest BCUT2D eigenvalue weighted by atomic mass is 10.4. The van der Waals surface area contributed by atoms with Gasteiger partial charge >= 0.3 is 0 Å². The van der Waals surface area contributed by atoms with Crippen molar-refractivity contribution in [1.82, 2.24) is 9.80 Å². The second-order valence-electron chi connectivity index (χ2n) is 4.13. The van der Waals surface area contributed by atoms with E-state index in [1.54, 1.807) is 6.08 Å². The van der Waals surface area contributed by atoms with Crippen LogP contribution in [0.2, 0.25) is 0 Å². The van der Waals surface area contributed by atoms with Gasteiger partial charge in [-0.3, -0.25) is 19.3 Å². The molecule has 2 rings (SSSR count). The average molecular weight is 266 g/mol. The van der Waals surface area contributed by atoms with E-state index < -0.39 is 0 Å². The first kappa shape index (κ1) is 12.9. The van der Waals surface area contributed by atoms with Crippen LogP contribution in [0.25, 0.3) is 0 Å². The minimum atomic E-state index is -0.270. The minimum Gasteiger partial charge on any atom is -0.308 e. The summed E-state index contributed by atoms with van der Waals surface area (Å²) >= 11 is 1.38. The van der Waals surface area contributed by atoms with E-state index in [9.17, 15) is 14.4 Å². The quantitative estimate of drug-likeness (QED) is 0.691. The molecule has 0 radical (unpaired) electrons. The van der Waals surface area contributed by atoms with E-state index in [4.69, 9.17) is 0 Å². The second-order valence-corrected chi connectivity index (χ2v) is 5.17. The van der Waals surface area contributed by atoms with E-state index in [0.29, 0.717) is 12.2 Å². The summed E-state index contributed by atoms with van der Waals surface area (Å²) in [5.41, 5.74) is 0.598. The fourth-order valence-corrected chi connectivity index (χ4v) is 2.65. The second kappa shape index (κ2) is 4.97. The highest BCUT2D eigenvalue weighted by Gasteiger charge is 2.38. The van der Waals surface area contributed by atoms with Crippen LogP contribution in [0.3, 0.4) is 0 Å². The number of thioether (sulfide) groups is 1. The topological polar surface area (TPSA) is 57.7 Å². The summed E-state index contributed by atoms with van der Waals surface area (Å²) in [5, 5.41) is -0.270. The van der Waals surface area contributed by atoms with Crippen molar-refractivity contribution in [2.24, 2.45) is 0 Å². The van der Waals surface area contributed by atoms with Crippen LogP contribution >= 0.6 is 11.8 Å². The minimum absolute atomic E-state index is 0.152. The first-order chi connectivity index (χ1) is 8.54. The van der Waals surface area contributed by atoms with E-state index in [1.807, 2.05) is 6.26 Å². The molecule has 0 aliphatic carbocycles. The molecule has 0 aromatic heterocycles. The molecule has 2 aliphatic rings. The van der Waals surface area contributed by atoms with Gasteiger partial charge in [-0.25, -0.2) is 0 Å². The van der Waals surface area contributed by atoms with Crippen LogP contribution in [0, 0.1) is 0 Å². The first-order valence-corrected chi connectivity index (χ1v) is 6.89. The van der Waals surface area contributed by atoms with Crippen molar-refractivity contribution in [2.45, 2.75) is 11.7 Å². The van der Waals surface area contributed by atoms with Crippen LogP contribution in [0.1, 0.15) is 6.42 Å². The van der Waals surface area contributed by atoms with Crippen LogP contribution in [0.5, 0.6) is 0 Å². The van der Waals surface area contributed by atoms with E-state index in [0.717, 1.165) is 0 Å². The summed E-state index contributed by atoms with van der Waals surface area (Å²) in [6.07, 6.45) is 5.13. The Labute approximate surface area is 109 Å². The van der Waals surface area contributed by atoms with Crippen molar-refractivity contribution in [3.63, 3.8) is 0 Å². The molecule has 1 saturated heterocycles. The summed E-state index contributed by atoms with van der Waals surface area (Å²) in [6, 6.07) is 0. The van der Waals surface area contributed by atoms with E-state index >= 15 is 0 Å². The maximum Gasteiger partial charge on any atom is 0.251 e. The average Bonchev–Trinajstić information content (AvgIpc) is 2.80. The van der Waals surface area contributed by atoms with E-state index in [-0.39, 0.29) is 35.9 Å². The number of nitrogens with zero attached hydrogens (tertiary/aromatic N) is 2. The largest absolute Gasteiger partial charge is 0.308 e. The summed E-state index contributed by atoms with van der Waals surface area (Å²) in [7, 11) is 0. The molecule has 1 unspecified atom stereocenters. The molecule has 5 nitrogen and oxygen atoms in total. The molecule has 1 atom stereocenters. The van der Waals surface area contributed by atoms with Gasteiger partial charge in [-0.15, -0.1) is 0 Å². The molecular formula is C12H14N2O3S. The van der Waals surface area contributed by atoms with Gasteiger partial charge in [0.1, 0.15) is 0 Å². The van der Waals surface area contributed by atoms with Crippen molar-refractivity contribution in [2.75, 3.05) is 19.3 Å². The lowest BCUT2D eigenvalue weighted by molar-refractivity contribution is -0.139. The maximum absolute atomic E-state index is 11.9. The fourth-order valence-electron chi connectivity index (χ4n) is 2.01. The van der Waals surface area contributed by atoms with E-state index in [2.05, 4.69) is 6.58 Å². The zero-order valence-corrected chi connectivity index (χ0v) is 10.9. The lowest BCUT2D eigenvalue weighted by Crippen LogP contribution is -2.39. The summed E-state index contributed by atoms with van der Waals surface area (Å²) in [5.74, 6) is -0.470. The third kappa shape index (κ3) is 2.20. The third-order valence-electron chi connectivity index (χ3n) is 3.07. The van der Waals surface area contributed by atoms with Gasteiger partial charge in [0, 0.05) is 31.3 Å². The molecule has 1 fully saturated rings. The Morgan fingerprint density at radius 1 is 1.28 bits per heavy atom. The zero-order valence-electron chi connectivity index (χ0n) is 10.1. The maximum atomic E-state index is 11.9. The Kier molecular flexibility index (Phi) is 3.56.